The molecule has 12 aromatic carbocycles. The Morgan fingerprint density at radius 1 is 0.360 bits per heavy atom. The summed E-state index contributed by atoms with van der Waals surface area (Å²) in [7, 11) is 0. The smallest absolute Gasteiger partial charge is 0.195 e. The Morgan fingerprint density at radius 2 is 0.730 bits per heavy atom. The number of hydrogen-bond donors (Lipinski definition) is 3. The predicted octanol–water partition coefficient (Wildman–Crippen LogP) is 20.4. The summed E-state index contributed by atoms with van der Waals surface area (Å²) in [6, 6.07) is 100. The number of nitrogen functional groups attached to an aromatic ring is 2. The van der Waals surface area contributed by atoms with Crippen LogP contribution in [0.4, 0.5) is 28.4 Å². The molecule has 0 aliphatic carbocycles. The summed E-state index contributed by atoms with van der Waals surface area (Å²) in [6.45, 7) is 0. The summed E-state index contributed by atoms with van der Waals surface area (Å²) in [5.74, 6) is 0.0580. The number of nitrogens with two attached hydrogens (primary N) is 2. The van der Waals surface area contributed by atoms with E-state index in [2.05, 4.69) is 57.6 Å². The number of fused-ring (bicyclic) bond motifs is 2. The zero-order chi connectivity index (χ0) is 61.5. The second-order valence-electron chi connectivity index (χ2n) is 20.1. The maximum Gasteiger partial charge on any atom is 0.195 e. The number of ketones is 3. The molecule has 440 valence electrons. The summed E-state index contributed by atoms with van der Waals surface area (Å²) in [4.78, 5) is 42.3. The van der Waals surface area contributed by atoms with Crippen molar-refractivity contribution < 1.29 is 14.4 Å². The van der Waals surface area contributed by atoms with Crippen LogP contribution >= 0.6 is 39.1 Å². The molecule has 0 amide bonds. The molecule has 12 aromatic rings. The van der Waals surface area contributed by atoms with Gasteiger partial charge in [0, 0.05) is 77.5 Å². The Balaban J connectivity index is 0.000000148. The third-order valence-corrected chi connectivity index (χ3v) is 15.7. The van der Waals surface area contributed by atoms with Crippen molar-refractivity contribution in [1.29, 1.82) is 0 Å². The van der Waals surface area contributed by atoms with Crippen molar-refractivity contribution in [3.63, 3.8) is 0 Å². The average Bonchev–Trinajstić information content (AvgIpc) is 2.37. The van der Waals surface area contributed by atoms with E-state index < -0.39 is 0 Å². The number of rotatable bonds is 11. The van der Waals surface area contributed by atoms with Gasteiger partial charge in [0.2, 0.25) is 0 Å². The van der Waals surface area contributed by atoms with Crippen LogP contribution in [-0.4, -0.2) is 23.1 Å². The first-order valence-electron chi connectivity index (χ1n) is 28.4. The minimum atomic E-state index is -0.0336. The van der Waals surface area contributed by atoms with Crippen LogP contribution in [0.5, 0.6) is 0 Å². The van der Waals surface area contributed by atoms with E-state index in [4.69, 9.17) is 39.7 Å². The second-order valence-corrected chi connectivity index (χ2v) is 21.7. The van der Waals surface area contributed by atoms with Crippen molar-refractivity contribution in [1.82, 2.24) is 0 Å². The molecule has 0 spiro atoms. The van der Waals surface area contributed by atoms with Crippen LogP contribution < -0.4 is 16.8 Å². The first-order valence-corrected chi connectivity index (χ1v) is 29.9. The number of nitrogens with zero attached hydrogens (tertiary/aromatic N) is 1. The van der Waals surface area contributed by atoms with E-state index in [1.54, 1.807) is 24.3 Å². The van der Waals surface area contributed by atoms with Crippen molar-refractivity contribution >= 4 is 90.6 Å². The Bertz CT molecular complexity index is 4160. The average molecular weight is 1270 g/mol. The third kappa shape index (κ3) is 17.9. The fourth-order valence-electron chi connectivity index (χ4n) is 9.53. The number of anilines is 4. The zero-order valence-corrected chi connectivity index (χ0v) is 51.0. The number of hydrogen-bond acceptors (Lipinski definition) is 7. The van der Waals surface area contributed by atoms with Crippen molar-refractivity contribution in [2.24, 2.45) is 4.99 Å². The van der Waals surface area contributed by atoms with Gasteiger partial charge in [0.25, 0.3) is 0 Å². The van der Waals surface area contributed by atoms with Crippen molar-refractivity contribution in [3.8, 4) is 0 Å². The van der Waals surface area contributed by atoms with Crippen LogP contribution in [0.3, 0.4) is 0 Å². The number of aliphatic imine (C=N–C) groups is 1. The molecule has 0 radical (unpaired) electrons. The molecule has 1 aliphatic heterocycles. The van der Waals surface area contributed by atoms with Crippen molar-refractivity contribution in [3.05, 3.63) is 397 Å². The molecule has 0 saturated carbocycles. The topological polar surface area (TPSA) is 128 Å². The highest BCUT2D eigenvalue weighted by molar-refractivity contribution is 9.10. The van der Waals surface area contributed by atoms with E-state index >= 15 is 0 Å². The molecule has 0 fully saturated rings. The van der Waals surface area contributed by atoms with E-state index in [1.165, 1.54) is 0 Å². The van der Waals surface area contributed by atoms with Crippen LogP contribution in [0.25, 0.3) is 0 Å². The molecule has 0 bridgehead atoms. The van der Waals surface area contributed by atoms with E-state index in [-0.39, 0.29) is 24.8 Å². The van der Waals surface area contributed by atoms with Crippen molar-refractivity contribution in [2.45, 2.75) is 20.3 Å². The van der Waals surface area contributed by atoms with Gasteiger partial charge >= 0.3 is 0 Å². The minimum Gasteiger partial charge on any atom is -0.398 e. The van der Waals surface area contributed by atoms with E-state index in [9.17, 15) is 14.4 Å². The lowest BCUT2D eigenvalue weighted by molar-refractivity contribution is 0.103. The van der Waals surface area contributed by atoms with Crippen LogP contribution in [0, 0.1) is 0 Å². The Kier molecular flexibility index (Phi) is 24.1. The molecule has 0 atom stereocenters. The lowest BCUT2D eigenvalue weighted by Gasteiger charge is -2.10. The highest BCUT2D eigenvalue weighted by Crippen LogP contribution is 2.35. The Labute approximate surface area is 540 Å². The summed E-state index contributed by atoms with van der Waals surface area (Å²) in [5.41, 5.74) is 27.5. The SMILES string of the molecule is C.Clc1ccccc1Br.Nc1ccccc1C(=O)c1ccccc1.Nc1ccccc1Cc1ccccc1C(=O)c1ccccc1.O=C(c1ccccc1)c1ccccc1Cc1ccccc1Cl.c1ccc(C2=Nc3ccccc3Nc3ccccc32)cc1. The number of benzene rings is 12. The van der Waals surface area contributed by atoms with Gasteiger partial charge in [0.05, 0.1) is 22.1 Å². The lowest BCUT2D eigenvalue weighted by Crippen LogP contribution is -2.06. The standard InChI is InChI=1S/C20H15ClO.C20H17NO.C19H14N2.C13H11NO.C6H4BrCl.CH4/c2*21-19-13-7-5-11-17(19)14-16-10-4-6-12-18(16)20(22)15-8-2-1-3-9-15;1-2-8-14(9-3-1)19-15-10-4-5-11-16(15)20-17-12-6-7-13-18(17)21-19;14-12-9-5-4-8-11(12)13(15)10-6-2-1-3-7-10;7-5-3-1-2-4-6(5)8;/h1-13H,14H2;1-13H,14,21H2;1-13,20H;1-9H,14H2;1-4H;1H4. The molecule has 0 aromatic heterocycles. The molecule has 1 aliphatic rings. The summed E-state index contributed by atoms with van der Waals surface area (Å²) >= 11 is 15.2. The summed E-state index contributed by atoms with van der Waals surface area (Å²) in [6.07, 6.45) is 1.30. The predicted molar refractivity (Wildman–Crippen MR) is 375 cm³/mol. The van der Waals surface area contributed by atoms with Gasteiger partial charge in [-0.25, -0.2) is 4.99 Å². The minimum absolute atomic E-state index is 0. The van der Waals surface area contributed by atoms with Gasteiger partial charge in [-0.15, -0.1) is 0 Å². The third-order valence-electron chi connectivity index (χ3n) is 14.1. The number of nitrogens with one attached hydrogen (secondary N) is 1. The summed E-state index contributed by atoms with van der Waals surface area (Å²) in [5, 5.41) is 4.97. The number of carbonyl (C=O) groups is 3. The van der Waals surface area contributed by atoms with Gasteiger partial charge in [0.15, 0.2) is 17.3 Å². The Morgan fingerprint density at radius 3 is 1.22 bits per heavy atom. The second kappa shape index (κ2) is 33.1. The molecule has 89 heavy (non-hydrogen) atoms. The number of para-hydroxylation sites is 5. The van der Waals surface area contributed by atoms with E-state index in [0.717, 1.165) is 87.5 Å². The van der Waals surface area contributed by atoms with E-state index in [1.807, 2.05) is 255 Å². The molecule has 5 N–H and O–H groups in total. The molecule has 10 heteroatoms. The fourth-order valence-corrected chi connectivity index (χ4v) is 10.2. The first kappa shape index (κ1) is 64.8. The van der Waals surface area contributed by atoms with Gasteiger partial charge in [0.1, 0.15) is 0 Å². The van der Waals surface area contributed by atoms with Gasteiger partial charge < -0.3 is 16.8 Å². The Hall–Kier alpha value is -10.2. The van der Waals surface area contributed by atoms with Gasteiger partial charge in [-0.1, -0.05) is 291 Å². The zero-order valence-electron chi connectivity index (χ0n) is 47.9. The van der Waals surface area contributed by atoms with Crippen LogP contribution in [0.2, 0.25) is 10.0 Å². The molecule has 0 unspecified atom stereocenters. The molecule has 1 heterocycles. The monoisotopic (exact) mass is 1270 g/mol. The van der Waals surface area contributed by atoms with Crippen LogP contribution in [0.1, 0.15) is 88.6 Å². The number of carbonyl (C=O) groups excluding carboxylic acids is 3. The highest BCUT2D eigenvalue weighted by atomic mass is 79.9. The molecule has 0 saturated heterocycles. The maximum absolute atomic E-state index is 12.7. The largest absolute Gasteiger partial charge is 0.398 e. The number of halogens is 3. The molecule has 13 rings (SSSR count). The quantitative estimate of drug-likeness (QED) is 0.0874. The van der Waals surface area contributed by atoms with E-state index in [0.29, 0.717) is 40.8 Å². The van der Waals surface area contributed by atoms with Crippen LogP contribution in [0.15, 0.2) is 325 Å². The maximum atomic E-state index is 12.7. The molecular weight excluding hydrogens is 1200 g/mol. The highest BCUT2D eigenvalue weighted by Gasteiger charge is 2.19. The molecular formula is C79H65BrCl2N4O3. The normalized spacial score (nSPS) is 10.6. The van der Waals surface area contributed by atoms with Gasteiger partial charge in [-0.3, -0.25) is 14.4 Å². The first-order chi connectivity index (χ1) is 43.0. The summed E-state index contributed by atoms with van der Waals surface area (Å²) < 4.78 is 0.946. The van der Waals surface area contributed by atoms with Gasteiger partial charge in [-0.2, -0.15) is 0 Å². The lowest BCUT2D eigenvalue weighted by atomic mass is 9.94. The fraction of sp³-hybridized carbons (Fsp3) is 0.0380. The molecule has 7 nitrogen and oxygen atoms in total. The van der Waals surface area contributed by atoms with Crippen LogP contribution in [-0.2, 0) is 12.8 Å². The van der Waals surface area contributed by atoms with Gasteiger partial charge in [-0.05, 0) is 99.2 Å². The van der Waals surface area contributed by atoms with Crippen molar-refractivity contribution in [2.75, 3.05) is 16.8 Å².